The summed E-state index contributed by atoms with van der Waals surface area (Å²) in [6.07, 6.45) is 1.71. The van der Waals surface area contributed by atoms with Crippen LogP contribution in [0.2, 0.25) is 5.54 Å². The van der Waals surface area contributed by atoms with Crippen molar-refractivity contribution in [1.82, 2.24) is 0 Å². The molecule has 1 heterocycles. The highest BCUT2D eigenvalue weighted by Gasteiger charge is 2.69. The fraction of sp³-hybridized carbons (Fsp3) is 0.867. The molecule has 7 heteroatoms. The van der Waals surface area contributed by atoms with E-state index in [4.69, 9.17) is 18.0 Å². The molecule has 1 aliphatic heterocycles. The highest BCUT2D eigenvalue weighted by Crippen LogP contribution is 2.63. The average molecular weight is 328 g/mol. The minimum atomic E-state index is -2.85. The van der Waals surface area contributed by atoms with Crippen molar-refractivity contribution in [3.05, 3.63) is 0 Å². The molecule has 3 rings (SSSR count). The number of carbonyl (C=O) groups is 2. The van der Waals surface area contributed by atoms with Crippen LogP contribution in [0.4, 0.5) is 0 Å². The Morgan fingerprint density at radius 3 is 2.05 bits per heavy atom. The SMILES string of the molecule is CCO[Si](OCC)(OCC)C1CC2CC1C1C(=O)OC(=O)C21. The van der Waals surface area contributed by atoms with Crippen molar-refractivity contribution in [2.75, 3.05) is 19.8 Å². The number of rotatable bonds is 7. The molecule has 3 aliphatic rings. The average Bonchev–Trinajstić information content (AvgIpc) is 3.12. The molecule has 6 nitrogen and oxygen atoms in total. The molecule has 0 spiro atoms. The zero-order chi connectivity index (χ0) is 15.9. The lowest BCUT2D eigenvalue weighted by Gasteiger charge is -2.39. The molecule has 124 valence electrons. The Balaban J connectivity index is 1.88. The van der Waals surface area contributed by atoms with Gasteiger partial charge in [-0.15, -0.1) is 0 Å². The fourth-order valence-corrected chi connectivity index (χ4v) is 8.27. The first kappa shape index (κ1) is 16.1. The highest BCUT2D eigenvalue weighted by molar-refractivity contribution is 6.62. The first-order chi connectivity index (χ1) is 10.6. The van der Waals surface area contributed by atoms with Crippen LogP contribution in [0.5, 0.6) is 0 Å². The van der Waals surface area contributed by atoms with Crippen molar-refractivity contribution in [2.45, 2.75) is 39.2 Å². The van der Waals surface area contributed by atoms with Gasteiger partial charge in [-0.05, 0) is 45.4 Å². The Morgan fingerprint density at radius 1 is 0.955 bits per heavy atom. The highest BCUT2D eigenvalue weighted by atomic mass is 28.4. The van der Waals surface area contributed by atoms with Crippen molar-refractivity contribution in [2.24, 2.45) is 23.7 Å². The monoisotopic (exact) mass is 328 g/mol. The second-order valence-corrected chi connectivity index (χ2v) is 9.01. The minimum absolute atomic E-state index is 0.0882. The molecule has 5 unspecified atom stereocenters. The second kappa shape index (κ2) is 6.03. The summed E-state index contributed by atoms with van der Waals surface area (Å²) in [4.78, 5) is 23.9. The molecule has 0 aromatic rings. The third kappa shape index (κ3) is 2.26. The van der Waals surface area contributed by atoms with E-state index in [1.807, 2.05) is 20.8 Å². The summed E-state index contributed by atoms with van der Waals surface area (Å²) in [5.41, 5.74) is 0.0945. The van der Waals surface area contributed by atoms with E-state index in [-0.39, 0.29) is 41.2 Å². The van der Waals surface area contributed by atoms with Crippen LogP contribution in [0.1, 0.15) is 33.6 Å². The molecule has 0 radical (unpaired) electrons. The van der Waals surface area contributed by atoms with Gasteiger partial charge in [0.05, 0.1) is 11.8 Å². The van der Waals surface area contributed by atoms with Gasteiger partial charge in [-0.3, -0.25) is 9.59 Å². The number of carbonyl (C=O) groups excluding carboxylic acids is 2. The summed E-state index contributed by atoms with van der Waals surface area (Å²) in [5, 5.41) is 0. The smallest absolute Gasteiger partial charge is 0.393 e. The summed E-state index contributed by atoms with van der Waals surface area (Å²) in [6, 6.07) is 0. The van der Waals surface area contributed by atoms with Gasteiger partial charge >= 0.3 is 20.7 Å². The van der Waals surface area contributed by atoms with E-state index in [2.05, 4.69) is 0 Å². The number of fused-ring (bicyclic) bond motifs is 5. The van der Waals surface area contributed by atoms with Gasteiger partial charge in [0.2, 0.25) is 0 Å². The second-order valence-electron chi connectivity index (χ2n) is 6.20. The molecular weight excluding hydrogens is 304 g/mol. The van der Waals surface area contributed by atoms with E-state index < -0.39 is 8.80 Å². The maximum absolute atomic E-state index is 12.1. The third-order valence-electron chi connectivity index (χ3n) is 5.24. The van der Waals surface area contributed by atoms with E-state index >= 15 is 0 Å². The number of ether oxygens (including phenoxy) is 1. The fourth-order valence-electron chi connectivity index (χ4n) is 4.71. The topological polar surface area (TPSA) is 71.1 Å². The molecule has 0 amide bonds. The zero-order valence-corrected chi connectivity index (χ0v) is 14.4. The molecule has 2 saturated carbocycles. The number of hydrogen-bond acceptors (Lipinski definition) is 6. The quantitative estimate of drug-likeness (QED) is 0.403. The minimum Gasteiger partial charge on any atom is -0.393 e. The molecular formula is C15H24O6Si. The summed E-state index contributed by atoms with van der Waals surface area (Å²) in [6.45, 7) is 7.38. The molecule has 1 saturated heterocycles. The van der Waals surface area contributed by atoms with Crippen LogP contribution in [0.3, 0.4) is 0 Å². The van der Waals surface area contributed by atoms with Crippen LogP contribution in [0.15, 0.2) is 0 Å². The van der Waals surface area contributed by atoms with E-state index in [9.17, 15) is 9.59 Å². The van der Waals surface area contributed by atoms with Gasteiger partial charge in [0.1, 0.15) is 0 Å². The van der Waals surface area contributed by atoms with Crippen LogP contribution in [-0.2, 0) is 27.6 Å². The van der Waals surface area contributed by atoms with Crippen LogP contribution >= 0.6 is 0 Å². The molecule has 2 aliphatic carbocycles. The Morgan fingerprint density at radius 2 is 1.50 bits per heavy atom. The molecule has 3 fully saturated rings. The van der Waals surface area contributed by atoms with Gasteiger partial charge in [-0.1, -0.05) is 0 Å². The van der Waals surface area contributed by atoms with Crippen LogP contribution < -0.4 is 0 Å². The summed E-state index contributed by atoms with van der Waals surface area (Å²) >= 11 is 0. The molecule has 0 aromatic carbocycles. The molecule has 2 bridgehead atoms. The Bertz CT molecular complexity index is 450. The van der Waals surface area contributed by atoms with Gasteiger partial charge in [0.25, 0.3) is 0 Å². The van der Waals surface area contributed by atoms with Crippen molar-refractivity contribution >= 4 is 20.7 Å². The van der Waals surface area contributed by atoms with E-state index in [0.717, 1.165) is 12.8 Å². The van der Waals surface area contributed by atoms with Gasteiger partial charge in [-0.2, -0.15) is 0 Å². The summed E-state index contributed by atoms with van der Waals surface area (Å²) in [7, 11) is -2.85. The lowest BCUT2D eigenvalue weighted by Crippen LogP contribution is -2.53. The number of esters is 2. The molecule has 22 heavy (non-hydrogen) atoms. The van der Waals surface area contributed by atoms with Crippen molar-refractivity contribution < 1.29 is 27.6 Å². The zero-order valence-electron chi connectivity index (χ0n) is 13.4. The van der Waals surface area contributed by atoms with E-state index in [1.165, 1.54) is 0 Å². The van der Waals surface area contributed by atoms with Crippen LogP contribution in [0.25, 0.3) is 0 Å². The normalized spacial score (nSPS) is 36.8. The standard InChI is InChI=1S/C15H24O6Si/c1-4-18-22(19-5-2,20-6-3)11-8-9-7-10(11)13-12(9)14(16)21-15(13)17/h9-13H,4-8H2,1-3H3. The van der Waals surface area contributed by atoms with Gasteiger partial charge in [0.15, 0.2) is 0 Å². The van der Waals surface area contributed by atoms with Gasteiger partial charge < -0.3 is 18.0 Å². The third-order valence-corrected chi connectivity index (χ3v) is 8.89. The number of cyclic esters (lactones) is 2. The first-order valence-corrected chi connectivity index (χ1v) is 10.1. The molecule has 0 N–H and O–H groups in total. The summed E-state index contributed by atoms with van der Waals surface area (Å²) in [5.74, 6) is -0.968. The molecule has 0 aromatic heterocycles. The Kier molecular flexibility index (Phi) is 4.42. The van der Waals surface area contributed by atoms with Gasteiger partial charge in [0, 0.05) is 25.4 Å². The lowest BCUT2D eigenvalue weighted by atomic mass is 9.81. The van der Waals surface area contributed by atoms with Crippen molar-refractivity contribution in [1.29, 1.82) is 0 Å². The van der Waals surface area contributed by atoms with Crippen LogP contribution in [-0.4, -0.2) is 40.6 Å². The Hall–Kier alpha value is -0.763. The largest absolute Gasteiger partial charge is 0.504 e. The lowest BCUT2D eigenvalue weighted by molar-refractivity contribution is -0.154. The maximum atomic E-state index is 12.1. The summed E-state index contributed by atoms with van der Waals surface area (Å²) < 4.78 is 22.9. The van der Waals surface area contributed by atoms with Gasteiger partial charge in [-0.25, -0.2) is 0 Å². The van der Waals surface area contributed by atoms with Crippen LogP contribution in [0, 0.1) is 23.7 Å². The Labute approximate surface area is 131 Å². The van der Waals surface area contributed by atoms with E-state index in [0.29, 0.717) is 19.8 Å². The van der Waals surface area contributed by atoms with Crippen molar-refractivity contribution in [3.63, 3.8) is 0 Å². The predicted octanol–water partition coefficient (Wildman–Crippen LogP) is 1.76. The number of hydrogen-bond donors (Lipinski definition) is 0. The predicted molar refractivity (Wildman–Crippen MR) is 78.7 cm³/mol. The molecule has 5 atom stereocenters. The maximum Gasteiger partial charge on any atom is 0.504 e. The van der Waals surface area contributed by atoms with E-state index in [1.54, 1.807) is 0 Å². The van der Waals surface area contributed by atoms with Crippen molar-refractivity contribution in [3.8, 4) is 0 Å². The first-order valence-electron chi connectivity index (χ1n) is 8.25.